The van der Waals surface area contributed by atoms with E-state index in [0.29, 0.717) is 12.5 Å². The van der Waals surface area contributed by atoms with Gasteiger partial charge in [-0.2, -0.15) is 0 Å². The van der Waals surface area contributed by atoms with Gasteiger partial charge in [-0.1, -0.05) is 43.6 Å². The number of rotatable bonds is 5. The first-order valence-electron chi connectivity index (χ1n) is 7.54. The van der Waals surface area contributed by atoms with Gasteiger partial charge < -0.3 is 10.6 Å². The van der Waals surface area contributed by atoms with Crippen molar-refractivity contribution in [1.82, 2.24) is 15.5 Å². The second kappa shape index (κ2) is 7.78. The van der Waals surface area contributed by atoms with Gasteiger partial charge in [0.25, 0.3) is 0 Å². The Morgan fingerprint density at radius 1 is 1.48 bits per heavy atom. The maximum atomic E-state index is 12.1. The van der Waals surface area contributed by atoms with Crippen LogP contribution in [0.4, 0.5) is 0 Å². The highest BCUT2D eigenvalue weighted by atomic mass is 35.5. The van der Waals surface area contributed by atoms with Gasteiger partial charge in [0.15, 0.2) is 0 Å². The molecule has 21 heavy (non-hydrogen) atoms. The van der Waals surface area contributed by atoms with E-state index in [0.717, 1.165) is 36.8 Å². The maximum Gasteiger partial charge on any atom is 0.234 e. The first kappa shape index (κ1) is 16.3. The third-order valence-electron chi connectivity index (χ3n) is 3.67. The zero-order chi connectivity index (χ0) is 15.2. The van der Waals surface area contributed by atoms with Crippen molar-refractivity contribution >= 4 is 17.5 Å². The van der Waals surface area contributed by atoms with Crippen LogP contribution >= 0.6 is 11.6 Å². The Balaban J connectivity index is 2.02. The fourth-order valence-electron chi connectivity index (χ4n) is 2.55. The third-order valence-corrected chi connectivity index (χ3v) is 4.02. The summed E-state index contributed by atoms with van der Waals surface area (Å²) in [6.45, 7) is 7.91. The van der Waals surface area contributed by atoms with E-state index >= 15 is 0 Å². The molecular formula is C16H24ClN3O. The fraction of sp³-hybridized carbons (Fsp3) is 0.562. The number of amides is 1. The van der Waals surface area contributed by atoms with E-state index in [1.54, 1.807) is 0 Å². The minimum atomic E-state index is 0.0858. The number of halogens is 1. The van der Waals surface area contributed by atoms with Crippen molar-refractivity contribution in [3.8, 4) is 0 Å². The number of carbonyl (C=O) groups is 1. The summed E-state index contributed by atoms with van der Waals surface area (Å²) in [6.07, 6.45) is 0. The van der Waals surface area contributed by atoms with Gasteiger partial charge in [0.1, 0.15) is 0 Å². The molecule has 1 aliphatic rings. The standard InChI is InChI=1S/C16H24ClN3O/c1-12(2)9-19-16(21)11-20-8-7-18-10-15(20)13-5-3-4-6-14(13)17/h3-6,12,15,18H,7-11H2,1-2H3,(H,19,21). The van der Waals surface area contributed by atoms with Gasteiger partial charge in [0.05, 0.1) is 6.54 Å². The molecule has 1 aliphatic heterocycles. The van der Waals surface area contributed by atoms with E-state index in [1.807, 2.05) is 24.3 Å². The van der Waals surface area contributed by atoms with Gasteiger partial charge in [-0.25, -0.2) is 0 Å². The summed E-state index contributed by atoms with van der Waals surface area (Å²) >= 11 is 6.31. The maximum absolute atomic E-state index is 12.1. The molecule has 0 bridgehead atoms. The summed E-state index contributed by atoms with van der Waals surface area (Å²) in [5, 5.41) is 7.13. The molecule has 4 nitrogen and oxygen atoms in total. The van der Waals surface area contributed by atoms with Gasteiger partial charge in [-0.15, -0.1) is 0 Å². The van der Waals surface area contributed by atoms with Gasteiger partial charge in [-0.05, 0) is 17.5 Å². The number of benzene rings is 1. The van der Waals surface area contributed by atoms with E-state index in [2.05, 4.69) is 29.4 Å². The van der Waals surface area contributed by atoms with Gasteiger partial charge in [0, 0.05) is 37.2 Å². The Bertz CT molecular complexity index is 478. The summed E-state index contributed by atoms with van der Waals surface area (Å²) < 4.78 is 0. The van der Waals surface area contributed by atoms with Crippen LogP contribution in [0.1, 0.15) is 25.5 Å². The molecule has 1 aromatic carbocycles. The molecule has 0 aliphatic carbocycles. The predicted octanol–water partition coefficient (Wildman–Crippen LogP) is 2.06. The van der Waals surface area contributed by atoms with Crippen LogP contribution in [0.3, 0.4) is 0 Å². The first-order chi connectivity index (χ1) is 10.1. The van der Waals surface area contributed by atoms with Gasteiger partial charge >= 0.3 is 0 Å². The molecular weight excluding hydrogens is 286 g/mol. The van der Waals surface area contributed by atoms with Crippen LogP contribution in [0.25, 0.3) is 0 Å². The summed E-state index contributed by atoms with van der Waals surface area (Å²) in [5.74, 6) is 0.555. The zero-order valence-electron chi connectivity index (χ0n) is 12.7. The highest BCUT2D eigenvalue weighted by Gasteiger charge is 2.26. The van der Waals surface area contributed by atoms with Gasteiger partial charge in [0.2, 0.25) is 5.91 Å². The predicted molar refractivity (Wildman–Crippen MR) is 86.5 cm³/mol. The molecule has 0 spiro atoms. The van der Waals surface area contributed by atoms with Crippen LogP contribution in [-0.2, 0) is 4.79 Å². The van der Waals surface area contributed by atoms with Gasteiger partial charge in [-0.3, -0.25) is 9.69 Å². The molecule has 1 atom stereocenters. The minimum Gasteiger partial charge on any atom is -0.355 e. The Hall–Kier alpha value is -1.10. The molecule has 5 heteroatoms. The van der Waals surface area contributed by atoms with Crippen LogP contribution < -0.4 is 10.6 Å². The largest absolute Gasteiger partial charge is 0.355 e. The summed E-state index contributed by atoms with van der Waals surface area (Å²) in [4.78, 5) is 14.3. The van der Waals surface area contributed by atoms with Crippen molar-refractivity contribution in [1.29, 1.82) is 0 Å². The number of hydrogen-bond donors (Lipinski definition) is 2. The Morgan fingerprint density at radius 2 is 2.24 bits per heavy atom. The number of piperazine rings is 1. The average Bonchev–Trinajstić information content (AvgIpc) is 2.46. The topological polar surface area (TPSA) is 44.4 Å². The summed E-state index contributed by atoms with van der Waals surface area (Å²) in [6, 6.07) is 8.02. The molecule has 0 radical (unpaired) electrons. The average molecular weight is 310 g/mol. The normalized spacial score (nSPS) is 19.7. The first-order valence-corrected chi connectivity index (χ1v) is 7.91. The molecule has 2 N–H and O–H groups in total. The Kier molecular flexibility index (Phi) is 6.03. The van der Waals surface area contributed by atoms with Crippen molar-refractivity contribution in [2.45, 2.75) is 19.9 Å². The van der Waals surface area contributed by atoms with Crippen LogP contribution in [-0.4, -0.2) is 43.5 Å². The van der Waals surface area contributed by atoms with E-state index in [4.69, 9.17) is 11.6 Å². The molecule has 0 aromatic heterocycles. The number of carbonyl (C=O) groups excluding carboxylic acids is 1. The second-order valence-electron chi connectivity index (χ2n) is 5.91. The lowest BCUT2D eigenvalue weighted by Gasteiger charge is -2.36. The summed E-state index contributed by atoms with van der Waals surface area (Å²) in [7, 11) is 0. The third kappa shape index (κ3) is 4.70. The number of nitrogens with zero attached hydrogens (tertiary/aromatic N) is 1. The molecule has 0 saturated carbocycles. The minimum absolute atomic E-state index is 0.0858. The van der Waals surface area contributed by atoms with E-state index in [-0.39, 0.29) is 11.9 Å². The lowest BCUT2D eigenvalue weighted by Crippen LogP contribution is -2.49. The molecule has 1 fully saturated rings. The number of nitrogens with one attached hydrogen (secondary N) is 2. The quantitative estimate of drug-likeness (QED) is 0.875. The summed E-state index contributed by atoms with van der Waals surface area (Å²) in [5.41, 5.74) is 1.09. The molecule has 1 heterocycles. The lowest BCUT2D eigenvalue weighted by atomic mass is 10.0. The van der Waals surface area contributed by atoms with E-state index < -0.39 is 0 Å². The molecule has 1 unspecified atom stereocenters. The fourth-order valence-corrected chi connectivity index (χ4v) is 2.81. The lowest BCUT2D eigenvalue weighted by molar-refractivity contribution is -0.123. The highest BCUT2D eigenvalue weighted by molar-refractivity contribution is 6.31. The smallest absolute Gasteiger partial charge is 0.234 e. The molecule has 1 aromatic rings. The van der Waals surface area contributed by atoms with Crippen molar-refractivity contribution in [3.63, 3.8) is 0 Å². The molecule has 2 rings (SSSR count). The van der Waals surface area contributed by atoms with Crippen molar-refractivity contribution in [2.24, 2.45) is 5.92 Å². The van der Waals surface area contributed by atoms with Crippen LogP contribution in [0.15, 0.2) is 24.3 Å². The highest BCUT2D eigenvalue weighted by Crippen LogP contribution is 2.28. The SMILES string of the molecule is CC(C)CNC(=O)CN1CCNCC1c1ccccc1Cl. The monoisotopic (exact) mass is 309 g/mol. The van der Waals surface area contributed by atoms with Crippen LogP contribution in [0.2, 0.25) is 5.02 Å². The Morgan fingerprint density at radius 3 is 2.95 bits per heavy atom. The molecule has 116 valence electrons. The van der Waals surface area contributed by atoms with Crippen LogP contribution in [0.5, 0.6) is 0 Å². The molecule has 1 amide bonds. The van der Waals surface area contributed by atoms with Crippen molar-refractivity contribution in [2.75, 3.05) is 32.7 Å². The van der Waals surface area contributed by atoms with Crippen molar-refractivity contribution in [3.05, 3.63) is 34.9 Å². The van der Waals surface area contributed by atoms with Crippen LogP contribution in [0, 0.1) is 5.92 Å². The number of hydrogen-bond acceptors (Lipinski definition) is 3. The van der Waals surface area contributed by atoms with E-state index in [9.17, 15) is 4.79 Å². The molecule has 1 saturated heterocycles. The van der Waals surface area contributed by atoms with E-state index in [1.165, 1.54) is 0 Å². The zero-order valence-corrected chi connectivity index (χ0v) is 13.5. The Labute approximate surface area is 131 Å². The van der Waals surface area contributed by atoms with Crippen molar-refractivity contribution < 1.29 is 4.79 Å². The second-order valence-corrected chi connectivity index (χ2v) is 6.32.